The number of nitrogens with two attached hydrogens (primary N) is 1. The van der Waals surface area contributed by atoms with Crippen molar-refractivity contribution in [3.8, 4) is 0 Å². The Morgan fingerprint density at radius 2 is 2.19 bits per heavy atom. The minimum Gasteiger partial charge on any atom is -0.371 e. The maximum atomic E-state index is 13.5. The Labute approximate surface area is 101 Å². The zero-order chi connectivity index (χ0) is 12.1. The van der Waals surface area contributed by atoms with Crippen LogP contribution in [0.1, 0.15) is 12.5 Å². The van der Waals surface area contributed by atoms with Crippen molar-refractivity contribution in [2.75, 3.05) is 24.0 Å². The van der Waals surface area contributed by atoms with Crippen molar-refractivity contribution in [2.24, 2.45) is 5.73 Å². The molecule has 90 valence electrons. The summed E-state index contributed by atoms with van der Waals surface area (Å²) < 4.78 is 13.5. The van der Waals surface area contributed by atoms with Crippen LogP contribution in [0.2, 0.25) is 0 Å². The molecule has 2 N–H and O–H groups in total. The second-order valence-electron chi connectivity index (χ2n) is 3.86. The highest BCUT2D eigenvalue weighted by Gasteiger charge is 2.14. The van der Waals surface area contributed by atoms with Gasteiger partial charge in [-0.15, -0.1) is 0 Å². The van der Waals surface area contributed by atoms with Gasteiger partial charge in [0.2, 0.25) is 0 Å². The quantitative estimate of drug-likeness (QED) is 0.860. The Morgan fingerprint density at radius 1 is 1.50 bits per heavy atom. The fourth-order valence-electron chi connectivity index (χ4n) is 1.67. The second-order valence-corrected chi connectivity index (χ2v) is 4.77. The Balaban J connectivity index is 2.98. The number of nitrogens with zero attached hydrogens (tertiary/aromatic N) is 1. The van der Waals surface area contributed by atoms with E-state index in [4.69, 9.17) is 5.73 Å². The molecular weight excluding hydrogens is 223 g/mol. The molecule has 0 bridgehead atoms. The number of hydrogen-bond donors (Lipinski definition) is 1. The number of thioether (sulfide) groups is 1. The third-order valence-corrected chi connectivity index (χ3v) is 3.56. The van der Waals surface area contributed by atoms with Crippen LogP contribution < -0.4 is 10.6 Å². The van der Waals surface area contributed by atoms with Gasteiger partial charge in [-0.25, -0.2) is 4.39 Å². The van der Waals surface area contributed by atoms with Crippen molar-refractivity contribution in [3.63, 3.8) is 0 Å². The van der Waals surface area contributed by atoms with Gasteiger partial charge in [0.15, 0.2) is 0 Å². The van der Waals surface area contributed by atoms with E-state index >= 15 is 0 Å². The predicted octanol–water partition coefficient (Wildman–Crippen LogP) is 2.47. The van der Waals surface area contributed by atoms with Crippen LogP contribution in [0.4, 0.5) is 10.1 Å². The van der Waals surface area contributed by atoms with Crippen molar-refractivity contribution in [1.82, 2.24) is 0 Å². The van der Waals surface area contributed by atoms with Crippen LogP contribution in [0, 0.1) is 5.82 Å². The zero-order valence-electron chi connectivity index (χ0n) is 10.0. The summed E-state index contributed by atoms with van der Waals surface area (Å²) in [5.74, 6) is 0.792. The summed E-state index contributed by atoms with van der Waals surface area (Å²) in [7, 11) is 1.98. The van der Waals surface area contributed by atoms with E-state index in [1.54, 1.807) is 17.8 Å². The van der Waals surface area contributed by atoms with E-state index in [2.05, 4.69) is 18.1 Å². The molecule has 2 nitrogen and oxygen atoms in total. The van der Waals surface area contributed by atoms with Crippen LogP contribution >= 0.6 is 11.8 Å². The summed E-state index contributed by atoms with van der Waals surface area (Å²) >= 11 is 1.78. The Hall–Kier alpha value is -0.740. The first kappa shape index (κ1) is 13.3. The molecule has 1 aromatic rings. The maximum Gasteiger partial charge on any atom is 0.129 e. The van der Waals surface area contributed by atoms with Crippen LogP contribution in [-0.2, 0) is 6.54 Å². The van der Waals surface area contributed by atoms with Crippen LogP contribution in [-0.4, -0.2) is 25.1 Å². The third-order valence-electron chi connectivity index (χ3n) is 2.75. The molecule has 0 aliphatic carbocycles. The lowest BCUT2D eigenvalue weighted by atomic mass is 10.1. The molecule has 0 amide bonds. The second kappa shape index (κ2) is 6.11. The lowest BCUT2D eigenvalue weighted by Gasteiger charge is -2.28. The Kier molecular flexibility index (Phi) is 5.09. The molecule has 0 fully saturated rings. The molecule has 0 saturated heterocycles. The molecule has 0 heterocycles. The van der Waals surface area contributed by atoms with Crippen LogP contribution in [0.15, 0.2) is 18.2 Å². The average molecular weight is 242 g/mol. The van der Waals surface area contributed by atoms with Gasteiger partial charge < -0.3 is 10.6 Å². The molecule has 0 saturated carbocycles. The smallest absolute Gasteiger partial charge is 0.129 e. The fraction of sp³-hybridized carbons (Fsp3) is 0.500. The van der Waals surface area contributed by atoms with E-state index in [1.807, 2.05) is 13.1 Å². The van der Waals surface area contributed by atoms with Crippen molar-refractivity contribution in [1.29, 1.82) is 0 Å². The zero-order valence-corrected chi connectivity index (χ0v) is 10.9. The SMILES string of the molecule is CSCC(C)N(C)c1cccc(F)c1CN. The van der Waals surface area contributed by atoms with E-state index in [0.29, 0.717) is 11.6 Å². The van der Waals surface area contributed by atoms with Gasteiger partial charge in [0, 0.05) is 36.6 Å². The molecule has 16 heavy (non-hydrogen) atoms. The molecule has 4 heteroatoms. The van der Waals surface area contributed by atoms with Gasteiger partial charge in [-0.2, -0.15) is 11.8 Å². The van der Waals surface area contributed by atoms with E-state index in [9.17, 15) is 4.39 Å². The van der Waals surface area contributed by atoms with Gasteiger partial charge in [-0.3, -0.25) is 0 Å². The van der Waals surface area contributed by atoms with Gasteiger partial charge >= 0.3 is 0 Å². The first-order valence-electron chi connectivity index (χ1n) is 5.31. The lowest BCUT2D eigenvalue weighted by molar-refractivity contribution is 0.608. The molecule has 1 aromatic carbocycles. The van der Waals surface area contributed by atoms with E-state index in [1.165, 1.54) is 6.07 Å². The molecule has 0 radical (unpaired) electrons. The predicted molar refractivity (Wildman–Crippen MR) is 70.5 cm³/mol. The summed E-state index contributed by atoms with van der Waals surface area (Å²) in [6.45, 7) is 2.36. The van der Waals surface area contributed by atoms with E-state index in [0.717, 1.165) is 11.4 Å². The molecule has 1 atom stereocenters. The largest absolute Gasteiger partial charge is 0.371 e. The molecule has 0 aliphatic rings. The monoisotopic (exact) mass is 242 g/mol. The molecular formula is C12H19FN2S. The highest BCUT2D eigenvalue weighted by atomic mass is 32.2. The summed E-state index contributed by atoms with van der Waals surface area (Å²) in [6, 6.07) is 5.47. The van der Waals surface area contributed by atoms with Crippen LogP contribution in [0.25, 0.3) is 0 Å². The van der Waals surface area contributed by atoms with Crippen molar-refractivity contribution in [3.05, 3.63) is 29.6 Å². The minimum absolute atomic E-state index is 0.219. The number of halogens is 1. The Bertz CT molecular complexity index is 344. The number of rotatable bonds is 5. The van der Waals surface area contributed by atoms with Crippen molar-refractivity contribution < 1.29 is 4.39 Å². The van der Waals surface area contributed by atoms with Crippen LogP contribution in [0.3, 0.4) is 0 Å². The van der Waals surface area contributed by atoms with Crippen LogP contribution in [0.5, 0.6) is 0 Å². The molecule has 1 rings (SSSR count). The van der Waals surface area contributed by atoms with E-state index < -0.39 is 0 Å². The van der Waals surface area contributed by atoms with Gasteiger partial charge in [0.1, 0.15) is 5.82 Å². The summed E-state index contributed by atoms with van der Waals surface area (Å²) in [4.78, 5) is 2.09. The number of anilines is 1. The van der Waals surface area contributed by atoms with E-state index in [-0.39, 0.29) is 12.4 Å². The summed E-state index contributed by atoms with van der Waals surface area (Å²) in [5, 5.41) is 0. The topological polar surface area (TPSA) is 29.3 Å². The maximum absolute atomic E-state index is 13.5. The van der Waals surface area contributed by atoms with Gasteiger partial charge in [0.25, 0.3) is 0 Å². The number of hydrogen-bond acceptors (Lipinski definition) is 3. The van der Waals surface area contributed by atoms with Crippen molar-refractivity contribution in [2.45, 2.75) is 19.5 Å². The van der Waals surface area contributed by atoms with Gasteiger partial charge in [-0.1, -0.05) is 6.07 Å². The first-order chi connectivity index (χ1) is 7.61. The third kappa shape index (κ3) is 2.89. The number of benzene rings is 1. The lowest BCUT2D eigenvalue weighted by Crippen LogP contribution is -2.32. The normalized spacial score (nSPS) is 12.6. The fourth-order valence-corrected chi connectivity index (χ4v) is 2.38. The molecule has 1 unspecified atom stereocenters. The first-order valence-corrected chi connectivity index (χ1v) is 6.70. The van der Waals surface area contributed by atoms with Gasteiger partial charge in [-0.05, 0) is 25.3 Å². The standard InChI is InChI=1S/C12H19FN2S/c1-9(8-16-3)15(2)12-6-4-5-11(13)10(12)7-14/h4-6,9H,7-8,14H2,1-3H3. The van der Waals surface area contributed by atoms with Gasteiger partial charge in [0.05, 0.1) is 0 Å². The summed E-state index contributed by atoms with van der Waals surface area (Å²) in [6.07, 6.45) is 2.07. The molecule has 0 aromatic heterocycles. The average Bonchev–Trinajstić information content (AvgIpc) is 2.28. The molecule has 0 spiro atoms. The highest BCUT2D eigenvalue weighted by molar-refractivity contribution is 7.98. The Morgan fingerprint density at radius 3 is 2.75 bits per heavy atom. The van der Waals surface area contributed by atoms with Crippen molar-refractivity contribution >= 4 is 17.4 Å². The molecule has 0 aliphatic heterocycles. The summed E-state index contributed by atoms with van der Waals surface area (Å²) in [5.41, 5.74) is 7.08. The minimum atomic E-state index is -0.219. The highest BCUT2D eigenvalue weighted by Crippen LogP contribution is 2.24.